The van der Waals surface area contributed by atoms with Crippen LogP contribution in [-0.4, -0.2) is 27.6 Å². The fourth-order valence-corrected chi connectivity index (χ4v) is 3.06. The lowest BCUT2D eigenvalue weighted by atomic mass is 9.73. The van der Waals surface area contributed by atoms with E-state index in [0.717, 1.165) is 19.3 Å². The summed E-state index contributed by atoms with van der Waals surface area (Å²) in [5.41, 5.74) is -1.19. The number of hydrogen-bond acceptors (Lipinski definition) is 3. The van der Waals surface area contributed by atoms with Gasteiger partial charge in [-0.2, -0.15) is 0 Å². The van der Waals surface area contributed by atoms with E-state index >= 15 is 0 Å². The molecule has 114 valence electrons. The zero-order valence-electron chi connectivity index (χ0n) is 11.7. The van der Waals surface area contributed by atoms with Gasteiger partial charge in [0.05, 0.1) is 10.6 Å². The Bertz CT molecular complexity index is 575. The van der Waals surface area contributed by atoms with Crippen LogP contribution >= 0.6 is 11.6 Å². The number of carbonyl (C=O) groups excluding carboxylic acids is 1. The van der Waals surface area contributed by atoms with Gasteiger partial charge in [0.2, 0.25) is 0 Å². The highest BCUT2D eigenvalue weighted by Crippen LogP contribution is 2.34. The largest absolute Gasteiger partial charge is 0.508 e. The Morgan fingerprint density at radius 1 is 1.38 bits per heavy atom. The van der Waals surface area contributed by atoms with Crippen molar-refractivity contribution in [3.63, 3.8) is 0 Å². The number of rotatable bonds is 3. The van der Waals surface area contributed by atoms with Gasteiger partial charge in [-0.15, -0.1) is 0 Å². The molecule has 1 aliphatic rings. The molecule has 0 bridgehead atoms. The zero-order valence-corrected chi connectivity index (χ0v) is 12.5. The van der Waals surface area contributed by atoms with Crippen LogP contribution in [0.1, 0.15) is 43.0 Å². The molecule has 1 aromatic carbocycles. The number of hydrogen-bond donors (Lipinski definition) is 3. The summed E-state index contributed by atoms with van der Waals surface area (Å²) in [4.78, 5) is 24.1. The number of amides is 1. The number of carboxylic acids is 1. The third-order valence-electron chi connectivity index (χ3n) is 4.21. The predicted octanol–water partition coefficient (Wildman–Crippen LogP) is 2.81. The minimum absolute atomic E-state index is 0.0788. The smallest absolute Gasteiger partial charge is 0.329 e. The molecule has 0 heterocycles. The lowest BCUT2D eigenvalue weighted by Crippen LogP contribution is -2.60. The molecule has 21 heavy (non-hydrogen) atoms. The van der Waals surface area contributed by atoms with Crippen LogP contribution in [0.25, 0.3) is 0 Å². The summed E-state index contributed by atoms with van der Waals surface area (Å²) in [6.07, 6.45) is 2.86. The lowest BCUT2D eigenvalue weighted by molar-refractivity contribution is -0.148. The van der Waals surface area contributed by atoms with Crippen LogP contribution in [0.4, 0.5) is 0 Å². The molecule has 1 aromatic rings. The Morgan fingerprint density at radius 2 is 2.10 bits per heavy atom. The molecular formula is C15H18ClNO4. The van der Waals surface area contributed by atoms with Crippen molar-refractivity contribution in [1.82, 2.24) is 5.32 Å². The summed E-state index contributed by atoms with van der Waals surface area (Å²) in [7, 11) is 0. The fraction of sp³-hybridized carbons (Fsp3) is 0.467. The number of aliphatic carboxylic acids is 1. The molecule has 0 spiro atoms. The van der Waals surface area contributed by atoms with Crippen LogP contribution in [0.2, 0.25) is 5.02 Å². The summed E-state index contributed by atoms with van der Waals surface area (Å²) in [6, 6.07) is 4.01. The maximum atomic E-state index is 12.4. The van der Waals surface area contributed by atoms with Crippen molar-refractivity contribution in [2.24, 2.45) is 5.92 Å². The molecule has 3 N–H and O–H groups in total. The molecule has 0 saturated heterocycles. The minimum Gasteiger partial charge on any atom is -0.508 e. The van der Waals surface area contributed by atoms with Gasteiger partial charge in [-0.05, 0) is 37.0 Å². The number of phenols is 1. The van der Waals surface area contributed by atoms with Gasteiger partial charge in [-0.25, -0.2) is 4.79 Å². The average Bonchev–Trinajstić information content (AvgIpc) is 2.43. The molecule has 1 aliphatic carbocycles. The Morgan fingerprint density at radius 3 is 2.71 bits per heavy atom. The third kappa shape index (κ3) is 2.97. The molecular weight excluding hydrogens is 294 g/mol. The average molecular weight is 312 g/mol. The maximum Gasteiger partial charge on any atom is 0.329 e. The predicted molar refractivity (Wildman–Crippen MR) is 78.6 cm³/mol. The van der Waals surface area contributed by atoms with Crippen molar-refractivity contribution in [3.05, 3.63) is 28.8 Å². The standard InChI is InChI=1S/C15H18ClNO4/c1-9-4-2-3-7-15(9,14(20)21)17-13(19)11-8-10(18)5-6-12(11)16/h5-6,8-9,18H,2-4,7H2,1H3,(H,17,19)(H,20,21). The fourth-order valence-electron chi connectivity index (χ4n) is 2.86. The van der Waals surface area contributed by atoms with Crippen LogP contribution in [-0.2, 0) is 4.79 Å². The summed E-state index contributed by atoms with van der Waals surface area (Å²) in [5.74, 6) is -1.86. The molecule has 6 heteroatoms. The molecule has 2 atom stereocenters. The topological polar surface area (TPSA) is 86.6 Å². The summed E-state index contributed by atoms with van der Waals surface area (Å²) in [5, 5.41) is 21.9. The second-order valence-corrected chi connectivity index (χ2v) is 5.95. The number of nitrogens with one attached hydrogen (secondary N) is 1. The number of aromatic hydroxyl groups is 1. The van der Waals surface area contributed by atoms with E-state index in [1.165, 1.54) is 18.2 Å². The van der Waals surface area contributed by atoms with Crippen molar-refractivity contribution < 1.29 is 19.8 Å². The van der Waals surface area contributed by atoms with E-state index in [1.807, 2.05) is 6.92 Å². The van der Waals surface area contributed by atoms with Crippen LogP contribution in [0.3, 0.4) is 0 Å². The summed E-state index contributed by atoms with van der Waals surface area (Å²) < 4.78 is 0. The Balaban J connectivity index is 2.31. The Labute approximate surface area is 127 Å². The van der Waals surface area contributed by atoms with E-state index in [-0.39, 0.29) is 22.3 Å². The zero-order chi connectivity index (χ0) is 15.6. The Kier molecular flexibility index (Phi) is 4.42. The van der Waals surface area contributed by atoms with Gasteiger partial charge in [0.25, 0.3) is 5.91 Å². The minimum atomic E-state index is -1.27. The number of phenolic OH excluding ortho intramolecular Hbond substituents is 1. The van der Waals surface area contributed by atoms with Crippen LogP contribution < -0.4 is 5.32 Å². The lowest BCUT2D eigenvalue weighted by Gasteiger charge is -2.39. The Hall–Kier alpha value is -1.75. The molecule has 2 unspecified atom stereocenters. The first-order chi connectivity index (χ1) is 9.86. The van der Waals surface area contributed by atoms with Gasteiger partial charge < -0.3 is 15.5 Å². The molecule has 0 aliphatic heterocycles. The first-order valence-corrected chi connectivity index (χ1v) is 7.29. The highest BCUT2D eigenvalue weighted by molar-refractivity contribution is 6.34. The van der Waals surface area contributed by atoms with Gasteiger partial charge >= 0.3 is 5.97 Å². The van der Waals surface area contributed by atoms with Gasteiger partial charge in [0.1, 0.15) is 11.3 Å². The van der Waals surface area contributed by atoms with Crippen molar-refractivity contribution in [2.75, 3.05) is 0 Å². The van der Waals surface area contributed by atoms with Gasteiger partial charge in [-0.1, -0.05) is 31.4 Å². The van der Waals surface area contributed by atoms with Gasteiger partial charge in [0, 0.05) is 0 Å². The summed E-state index contributed by atoms with van der Waals surface area (Å²) >= 11 is 5.95. The van der Waals surface area contributed by atoms with Crippen LogP contribution in [0.5, 0.6) is 5.75 Å². The van der Waals surface area contributed by atoms with Crippen molar-refractivity contribution in [1.29, 1.82) is 0 Å². The highest BCUT2D eigenvalue weighted by Gasteiger charge is 2.46. The van der Waals surface area contributed by atoms with E-state index in [1.54, 1.807) is 0 Å². The van der Waals surface area contributed by atoms with Crippen molar-refractivity contribution in [3.8, 4) is 5.75 Å². The first-order valence-electron chi connectivity index (χ1n) is 6.91. The van der Waals surface area contributed by atoms with E-state index in [9.17, 15) is 19.8 Å². The molecule has 2 rings (SSSR count). The van der Waals surface area contributed by atoms with E-state index in [0.29, 0.717) is 6.42 Å². The number of carbonyl (C=O) groups is 2. The quantitative estimate of drug-likeness (QED) is 0.801. The summed E-state index contributed by atoms with van der Waals surface area (Å²) in [6.45, 7) is 1.83. The molecule has 5 nitrogen and oxygen atoms in total. The maximum absolute atomic E-state index is 12.4. The number of carboxylic acid groups (broad SMARTS) is 1. The van der Waals surface area contributed by atoms with Crippen LogP contribution in [0, 0.1) is 5.92 Å². The van der Waals surface area contributed by atoms with E-state index in [4.69, 9.17) is 11.6 Å². The van der Waals surface area contributed by atoms with E-state index in [2.05, 4.69) is 5.32 Å². The molecule has 1 saturated carbocycles. The van der Waals surface area contributed by atoms with Crippen molar-refractivity contribution >= 4 is 23.5 Å². The second-order valence-electron chi connectivity index (χ2n) is 5.54. The monoisotopic (exact) mass is 311 g/mol. The van der Waals surface area contributed by atoms with Gasteiger partial charge in [-0.3, -0.25) is 4.79 Å². The molecule has 1 amide bonds. The van der Waals surface area contributed by atoms with Crippen LogP contribution in [0.15, 0.2) is 18.2 Å². The normalized spacial score (nSPS) is 25.3. The number of halogens is 1. The van der Waals surface area contributed by atoms with Crippen molar-refractivity contribution in [2.45, 2.75) is 38.1 Å². The SMILES string of the molecule is CC1CCCCC1(NC(=O)c1cc(O)ccc1Cl)C(=O)O. The third-order valence-corrected chi connectivity index (χ3v) is 4.54. The van der Waals surface area contributed by atoms with E-state index < -0.39 is 17.4 Å². The molecule has 0 aromatic heterocycles. The molecule has 0 radical (unpaired) electrons. The number of benzene rings is 1. The molecule has 1 fully saturated rings. The van der Waals surface area contributed by atoms with Gasteiger partial charge in [0.15, 0.2) is 0 Å². The second kappa shape index (κ2) is 5.93. The first kappa shape index (κ1) is 15.6. The highest BCUT2D eigenvalue weighted by atomic mass is 35.5.